The first kappa shape index (κ1) is 13.4. The molecule has 0 saturated carbocycles. The van der Waals surface area contributed by atoms with Crippen molar-refractivity contribution in [2.45, 2.75) is 38.9 Å². The van der Waals surface area contributed by atoms with E-state index in [1.807, 2.05) is 13.8 Å². The third kappa shape index (κ3) is 5.16. The molecule has 1 amide bonds. The molecule has 0 aliphatic carbocycles. The summed E-state index contributed by atoms with van der Waals surface area (Å²) in [6.07, 6.45) is 0. The molecule has 4 N–H and O–H groups in total. The van der Waals surface area contributed by atoms with Gasteiger partial charge in [-0.3, -0.25) is 10.1 Å². The first-order chi connectivity index (χ1) is 6.51. The zero-order valence-corrected chi connectivity index (χ0v) is 8.95. The highest BCUT2D eigenvalue weighted by Crippen LogP contribution is 1.89. The fourth-order valence-corrected chi connectivity index (χ4v) is 1.00. The maximum Gasteiger partial charge on any atom is 0.237 e. The van der Waals surface area contributed by atoms with Gasteiger partial charge in [-0.2, -0.15) is 0 Å². The highest BCUT2D eigenvalue weighted by molar-refractivity contribution is 5.81. The second-order valence-electron chi connectivity index (χ2n) is 3.61. The van der Waals surface area contributed by atoms with E-state index in [4.69, 9.17) is 10.2 Å². The average molecular weight is 204 g/mol. The molecule has 5 heteroatoms. The third-order valence-electron chi connectivity index (χ3n) is 1.75. The number of amides is 1. The second kappa shape index (κ2) is 6.75. The Morgan fingerprint density at radius 3 is 2.07 bits per heavy atom. The Kier molecular flexibility index (Phi) is 6.44. The molecule has 0 fully saturated rings. The van der Waals surface area contributed by atoms with Gasteiger partial charge >= 0.3 is 0 Å². The molecule has 0 aromatic carbocycles. The number of nitrogens with one attached hydrogen (secondary N) is 2. The highest BCUT2D eigenvalue weighted by atomic mass is 16.3. The number of carbonyl (C=O) groups excluding carboxylic acids is 1. The van der Waals surface area contributed by atoms with E-state index < -0.39 is 12.1 Å². The number of carbonyl (C=O) groups is 1. The van der Waals surface area contributed by atoms with Crippen LogP contribution in [0.15, 0.2) is 0 Å². The van der Waals surface area contributed by atoms with E-state index in [9.17, 15) is 4.79 Å². The molecule has 0 rings (SSSR count). The van der Waals surface area contributed by atoms with Crippen LogP contribution in [0.1, 0.15) is 20.8 Å². The number of rotatable bonds is 6. The molecule has 0 heterocycles. The second-order valence-corrected chi connectivity index (χ2v) is 3.61. The molecule has 0 radical (unpaired) electrons. The Morgan fingerprint density at radius 2 is 1.71 bits per heavy atom. The lowest BCUT2D eigenvalue weighted by atomic mass is 10.2. The van der Waals surface area contributed by atoms with E-state index in [0.717, 1.165) is 0 Å². The molecular weight excluding hydrogens is 184 g/mol. The Balaban J connectivity index is 3.93. The molecule has 84 valence electrons. The summed E-state index contributed by atoms with van der Waals surface area (Å²) >= 11 is 0. The molecule has 14 heavy (non-hydrogen) atoms. The topological polar surface area (TPSA) is 81.6 Å². The van der Waals surface area contributed by atoms with Crippen molar-refractivity contribution >= 4 is 5.91 Å². The van der Waals surface area contributed by atoms with Gasteiger partial charge in [0.25, 0.3) is 0 Å². The third-order valence-corrected chi connectivity index (χ3v) is 1.75. The summed E-state index contributed by atoms with van der Waals surface area (Å²) in [6.45, 7) is 5.07. The quantitative estimate of drug-likeness (QED) is 0.440. The van der Waals surface area contributed by atoms with Gasteiger partial charge in [-0.1, -0.05) is 0 Å². The normalized spacial score (nSPS) is 13.4. The lowest BCUT2D eigenvalue weighted by Gasteiger charge is -2.20. The van der Waals surface area contributed by atoms with Crippen molar-refractivity contribution in [2.24, 2.45) is 0 Å². The van der Waals surface area contributed by atoms with Gasteiger partial charge in [-0.25, -0.2) is 0 Å². The molecule has 0 saturated heterocycles. The molecule has 0 aromatic rings. The van der Waals surface area contributed by atoms with Crippen molar-refractivity contribution in [3.05, 3.63) is 0 Å². The first-order valence-corrected chi connectivity index (χ1v) is 4.79. The summed E-state index contributed by atoms with van der Waals surface area (Å²) in [4.78, 5) is 11.4. The fourth-order valence-electron chi connectivity index (χ4n) is 1.00. The highest BCUT2D eigenvalue weighted by Gasteiger charge is 2.16. The summed E-state index contributed by atoms with van der Waals surface area (Å²) in [5, 5.41) is 23.1. The SMILES string of the molecule is CC(C)NC(=O)C(C)NC(CO)CO. The van der Waals surface area contributed by atoms with Crippen LogP contribution in [0.2, 0.25) is 0 Å². The van der Waals surface area contributed by atoms with E-state index in [-0.39, 0.29) is 25.2 Å². The van der Waals surface area contributed by atoms with E-state index in [0.29, 0.717) is 0 Å². The lowest BCUT2D eigenvalue weighted by Crippen LogP contribution is -2.50. The molecular formula is C9H20N2O3. The molecule has 0 bridgehead atoms. The molecule has 0 spiro atoms. The lowest BCUT2D eigenvalue weighted by molar-refractivity contribution is -0.123. The van der Waals surface area contributed by atoms with E-state index in [1.54, 1.807) is 6.92 Å². The minimum Gasteiger partial charge on any atom is -0.395 e. The van der Waals surface area contributed by atoms with E-state index >= 15 is 0 Å². The van der Waals surface area contributed by atoms with Crippen molar-refractivity contribution in [3.8, 4) is 0 Å². The Morgan fingerprint density at radius 1 is 1.21 bits per heavy atom. The Hall–Kier alpha value is -0.650. The van der Waals surface area contributed by atoms with Crippen LogP contribution >= 0.6 is 0 Å². The van der Waals surface area contributed by atoms with Crippen LogP contribution in [0.5, 0.6) is 0 Å². The molecule has 0 aliphatic heterocycles. The van der Waals surface area contributed by atoms with Gasteiger partial charge in [0.1, 0.15) is 0 Å². The smallest absolute Gasteiger partial charge is 0.237 e. The zero-order chi connectivity index (χ0) is 11.1. The number of aliphatic hydroxyl groups is 2. The first-order valence-electron chi connectivity index (χ1n) is 4.79. The van der Waals surface area contributed by atoms with Gasteiger partial charge < -0.3 is 15.5 Å². The van der Waals surface area contributed by atoms with Crippen LogP contribution < -0.4 is 10.6 Å². The van der Waals surface area contributed by atoms with Gasteiger partial charge in [-0.05, 0) is 20.8 Å². The van der Waals surface area contributed by atoms with Crippen molar-refractivity contribution in [1.29, 1.82) is 0 Å². The average Bonchev–Trinajstić information content (AvgIpc) is 2.12. The minimum atomic E-state index is -0.442. The van der Waals surface area contributed by atoms with Crippen molar-refractivity contribution < 1.29 is 15.0 Å². The van der Waals surface area contributed by atoms with E-state index in [2.05, 4.69) is 10.6 Å². The van der Waals surface area contributed by atoms with Gasteiger partial charge in [0, 0.05) is 6.04 Å². The summed E-state index contributed by atoms with van der Waals surface area (Å²) in [5.41, 5.74) is 0. The number of hydrogen-bond donors (Lipinski definition) is 4. The maximum absolute atomic E-state index is 11.4. The Bertz CT molecular complexity index is 169. The summed E-state index contributed by atoms with van der Waals surface area (Å²) < 4.78 is 0. The Labute approximate surface area is 84.5 Å². The monoisotopic (exact) mass is 204 g/mol. The fraction of sp³-hybridized carbons (Fsp3) is 0.889. The largest absolute Gasteiger partial charge is 0.395 e. The van der Waals surface area contributed by atoms with Crippen LogP contribution in [0.3, 0.4) is 0 Å². The minimum absolute atomic E-state index is 0.0912. The van der Waals surface area contributed by atoms with Crippen LogP contribution in [0.4, 0.5) is 0 Å². The molecule has 0 aliphatic rings. The van der Waals surface area contributed by atoms with Crippen molar-refractivity contribution in [2.75, 3.05) is 13.2 Å². The summed E-state index contributed by atoms with van der Waals surface area (Å²) in [5.74, 6) is -0.133. The molecule has 0 aromatic heterocycles. The van der Waals surface area contributed by atoms with Gasteiger partial charge in [0.2, 0.25) is 5.91 Å². The van der Waals surface area contributed by atoms with Crippen LogP contribution in [-0.4, -0.2) is 47.5 Å². The maximum atomic E-state index is 11.4. The van der Waals surface area contributed by atoms with Crippen molar-refractivity contribution in [3.63, 3.8) is 0 Å². The van der Waals surface area contributed by atoms with Crippen LogP contribution in [0.25, 0.3) is 0 Å². The zero-order valence-electron chi connectivity index (χ0n) is 8.95. The van der Waals surface area contributed by atoms with Gasteiger partial charge in [0.15, 0.2) is 0 Å². The van der Waals surface area contributed by atoms with Gasteiger partial charge in [0.05, 0.1) is 25.3 Å². The van der Waals surface area contributed by atoms with Gasteiger partial charge in [-0.15, -0.1) is 0 Å². The predicted molar refractivity (Wildman–Crippen MR) is 53.8 cm³/mol. The van der Waals surface area contributed by atoms with E-state index in [1.165, 1.54) is 0 Å². The number of aliphatic hydroxyl groups excluding tert-OH is 2. The van der Waals surface area contributed by atoms with Crippen molar-refractivity contribution in [1.82, 2.24) is 10.6 Å². The predicted octanol–water partition coefficient (Wildman–Crippen LogP) is -1.16. The summed E-state index contributed by atoms with van der Waals surface area (Å²) in [6, 6.07) is -0.766. The van der Waals surface area contributed by atoms with Crippen LogP contribution in [0, 0.1) is 0 Å². The number of hydrogen-bond acceptors (Lipinski definition) is 4. The standard InChI is InChI=1S/C9H20N2O3/c1-6(2)10-9(14)7(3)11-8(4-12)5-13/h6-8,11-13H,4-5H2,1-3H3,(H,10,14). The molecule has 5 nitrogen and oxygen atoms in total. The van der Waals surface area contributed by atoms with Crippen LogP contribution in [-0.2, 0) is 4.79 Å². The molecule has 1 unspecified atom stereocenters. The summed E-state index contributed by atoms with van der Waals surface area (Å²) in [7, 11) is 0. The molecule has 1 atom stereocenters.